The Balaban J connectivity index is 1.44. The number of aromatic nitrogens is 2. The number of hydrogen-bond acceptors (Lipinski definition) is 7. The van der Waals surface area contributed by atoms with Crippen LogP contribution in [0.25, 0.3) is 20.7 Å². The first kappa shape index (κ1) is 22.2. The number of fused-ring (bicyclic) bond motifs is 1. The molecule has 0 bridgehead atoms. The molecule has 2 N–H and O–H groups in total. The summed E-state index contributed by atoms with van der Waals surface area (Å²) in [5.41, 5.74) is 1.67. The molecule has 0 aliphatic rings. The van der Waals surface area contributed by atoms with Crippen molar-refractivity contribution in [3.63, 3.8) is 0 Å². The summed E-state index contributed by atoms with van der Waals surface area (Å²) in [7, 11) is 0. The lowest BCUT2D eigenvalue weighted by molar-refractivity contribution is -0.136. The quantitative estimate of drug-likeness (QED) is 0.312. The van der Waals surface area contributed by atoms with E-state index in [2.05, 4.69) is 15.3 Å². The van der Waals surface area contributed by atoms with Gasteiger partial charge in [0, 0.05) is 23.6 Å². The van der Waals surface area contributed by atoms with E-state index in [1.807, 2.05) is 36.6 Å². The van der Waals surface area contributed by atoms with Crippen molar-refractivity contribution >= 4 is 44.5 Å². The maximum atomic E-state index is 14.2. The molecular formula is C23H22FN3O3S2. The van der Waals surface area contributed by atoms with Gasteiger partial charge in [0.15, 0.2) is 0 Å². The molecule has 6 nitrogen and oxygen atoms in total. The van der Waals surface area contributed by atoms with Crippen molar-refractivity contribution in [3.05, 3.63) is 58.3 Å². The summed E-state index contributed by atoms with van der Waals surface area (Å²) in [5.74, 6) is 0.352. The van der Waals surface area contributed by atoms with Gasteiger partial charge in [-0.2, -0.15) is 0 Å². The van der Waals surface area contributed by atoms with Gasteiger partial charge in [-0.15, -0.1) is 22.7 Å². The molecule has 0 radical (unpaired) electrons. The lowest BCUT2D eigenvalue weighted by atomic mass is 10.1. The molecule has 3 aromatic heterocycles. The molecule has 0 spiro atoms. The maximum absolute atomic E-state index is 14.2. The van der Waals surface area contributed by atoms with Crippen molar-refractivity contribution in [1.29, 1.82) is 0 Å². The predicted molar refractivity (Wildman–Crippen MR) is 126 cm³/mol. The first-order chi connectivity index (χ1) is 15.5. The largest absolute Gasteiger partial charge is 0.493 e. The Bertz CT molecular complexity index is 1240. The summed E-state index contributed by atoms with van der Waals surface area (Å²) in [6.07, 6.45) is 2.62. The fourth-order valence-corrected chi connectivity index (χ4v) is 5.23. The van der Waals surface area contributed by atoms with Crippen LogP contribution in [0, 0.1) is 5.82 Å². The minimum Gasteiger partial charge on any atom is -0.493 e. The minimum absolute atomic E-state index is 0.0500. The highest BCUT2D eigenvalue weighted by Crippen LogP contribution is 2.37. The number of halogens is 1. The van der Waals surface area contributed by atoms with Crippen LogP contribution in [0.15, 0.2) is 42.0 Å². The van der Waals surface area contributed by atoms with E-state index in [0.29, 0.717) is 42.3 Å². The first-order valence-electron chi connectivity index (χ1n) is 10.2. The standard InChI is InChI=1S/C23H22FN3O3S2/c1-2-30-18-12-20(32-19(18)3-4-22(28)29)17-11-21(27-13-26-17)25-7-5-14-9-15-6-8-31-23(15)16(24)10-14/h6,8-13H,2-5,7H2,1H3,(H,28,29)(H,25,26,27). The van der Waals surface area contributed by atoms with Gasteiger partial charge in [-0.1, -0.05) is 6.07 Å². The molecule has 3 heterocycles. The molecule has 0 fully saturated rings. The molecule has 0 aliphatic heterocycles. The van der Waals surface area contributed by atoms with Crippen molar-refractivity contribution in [2.75, 3.05) is 18.5 Å². The molecule has 9 heteroatoms. The van der Waals surface area contributed by atoms with Crippen molar-refractivity contribution in [3.8, 4) is 16.3 Å². The Morgan fingerprint density at radius 2 is 2.09 bits per heavy atom. The number of aryl methyl sites for hydroxylation is 1. The molecule has 0 saturated heterocycles. The fourth-order valence-electron chi connectivity index (χ4n) is 3.38. The van der Waals surface area contributed by atoms with E-state index in [4.69, 9.17) is 9.84 Å². The van der Waals surface area contributed by atoms with Crippen molar-refractivity contribution in [1.82, 2.24) is 9.97 Å². The van der Waals surface area contributed by atoms with E-state index in [1.54, 1.807) is 6.07 Å². The van der Waals surface area contributed by atoms with Crippen molar-refractivity contribution < 1.29 is 19.0 Å². The highest BCUT2D eigenvalue weighted by atomic mass is 32.1. The third-order valence-corrected chi connectivity index (χ3v) is 6.98. The Morgan fingerprint density at radius 1 is 1.22 bits per heavy atom. The summed E-state index contributed by atoms with van der Waals surface area (Å²) >= 11 is 2.89. The van der Waals surface area contributed by atoms with Gasteiger partial charge in [0.2, 0.25) is 0 Å². The van der Waals surface area contributed by atoms with Crippen LogP contribution >= 0.6 is 22.7 Å². The van der Waals surface area contributed by atoms with E-state index in [-0.39, 0.29) is 12.2 Å². The number of nitrogens with zero attached hydrogens (tertiary/aromatic N) is 2. The van der Waals surface area contributed by atoms with Gasteiger partial charge in [-0.3, -0.25) is 4.79 Å². The van der Waals surface area contributed by atoms with Crippen molar-refractivity contribution in [2.24, 2.45) is 0 Å². The van der Waals surface area contributed by atoms with E-state index in [9.17, 15) is 9.18 Å². The van der Waals surface area contributed by atoms with Gasteiger partial charge in [-0.05, 0) is 48.2 Å². The summed E-state index contributed by atoms with van der Waals surface area (Å²) in [4.78, 5) is 21.4. The SMILES string of the molecule is CCOc1cc(-c2cc(NCCc3cc(F)c4sccc4c3)ncn2)sc1CCC(=O)O. The van der Waals surface area contributed by atoms with Crippen LogP contribution in [0.3, 0.4) is 0 Å². The smallest absolute Gasteiger partial charge is 0.303 e. The molecule has 0 amide bonds. The number of carboxylic acids is 1. The minimum atomic E-state index is -0.839. The maximum Gasteiger partial charge on any atom is 0.303 e. The number of benzene rings is 1. The molecule has 0 unspecified atom stereocenters. The number of aliphatic carboxylic acids is 1. The fraction of sp³-hybridized carbons (Fsp3) is 0.261. The number of hydrogen-bond donors (Lipinski definition) is 2. The number of carboxylic acid groups (broad SMARTS) is 1. The van der Waals surface area contributed by atoms with Gasteiger partial charge >= 0.3 is 5.97 Å². The molecule has 32 heavy (non-hydrogen) atoms. The number of carbonyl (C=O) groups is 1. The average Bonchev–Trinajstić information content (AvgIpc) is 3.40. The van der Waals surface area contributed by atoms with Crippen molar-refractivity contribution in [2.45, 2.75) is 26.2 Å². The van der Waals surface area contributed by atoms with E-state index >= 15 is 0 Å². The lowest BCUT2D eigenvalue weighted by Gasteiger charge is -2.07. The van der Waals surface area contributed by atoms with Gasteiger partial charge in [-0.25, -0.2) is 14.4 Å². The molecule has 1 aromatic carbocycles. The molecule has 166 valence electrons. The second-order valence-electron chi connectivity index (χ2n) is 7.11. The molecule has 0 aliphatic carbocycles. The second-order valence-corrected chi connectivity index (χ2v) is 9.16. The Hall–Kier alpha value is -3.04. The van der Waals surface area contributed by atoms with Crippen LogP contribution in [-0.4, -0.2) is 34.2 Å². The summed E-state index contributed by atoms with van der Waals surface area (Å²) in [6.45, 7) is 3.00. The summed E-state index contributed by atoms with van der Waals surface area (Å²) in [6, 6.07) is 9.29. The lowest BCUT2D eigenvalue weighted by Crippen LogP contribution is -2.06. The second kappa shape index (κ2) is 10.1. The molecule has 0 atom stereocenters. The topological polar surface area (TPSA) is 84.3 Å². The third-order valence-electron chi connectivity index (χ3n) is 4.84. The van der Waals surface area contributed by atoms with Crippen LogP contribution < -0.4 is 10.1 Å². The third kappa shape index (κ3) is 5.23. The average molecular weight is 472 g/mol. The van der Waals surface area contributed by atoms with Gasteiger partial charge in [0.05, 0.1) is 28.3 Å². The summed E-state index contributed by atoms with van der Waals surface area (Å²) < 4.78 is 20.6. The van der Waals surface area contributed by atoms with E-state index in [0.717, 1.165) is 26.4 Å². The highest BCUT2D eigenvalue weighted by molar-refractivity contribution is 7.17. The highest BCUT2D eigenvalue weighted by Gasteiger charge is 2.14. The first-order valence-corrected chi connectivity index (χ1v) is 11.9. The van der Waals surface area contributed by atoms with Crippen LogP contribution in [0.1, 0.15) is 23.8 Å². The molecule has 0 saturated carbocycles. The molecule has 4 aromatic rings. The monoisotopic (exact) mass is 471 g/mol. The Labute approximate surface area is 192 Å². The van der Waals surface area contributed by atoms with Crippen LogP contribution in [0.5, 0.6) is 5.75 Å². The zero-order valence-corrected chi connectivity index (χ0v) is 19.1. The van der Waals surface area contributed by atoms with Crippen LogP contribution in [0.4, 0.5) is 10.2 Å². The van der Waals surface area contributed by atoms with Gasteiger partial charge in [0.25, 0.3) is 0 Å². The number of anilines is 1. The van der Waals surface area contributed by atoms with Crippen LogP contribution in [0.2, 0.25) is 0 Å². The number of ether oxygens (including phenoxy) is 1. The number of rotatable bonds is 10. The zero-order chi connectivity index (χ0) is 22.5. The Morgan fingerprint density at radius 3 is 2.91 bits per heavy atom. The van der Waals surface area contributed by atoms with Gasteiger partial charge < -0.3 is 15.2 Å². The number of thiophene rings is 2. The molecular weight excluding hydrogens is 449 g/mol. The normalized spacial score (nSPS) is 11.1. The van der Waals surface area contributed by atoms with E-state index in [1.165, 1.54) is 29.0 Å². The summed E-state index contributed by atoms with van der Waals surface area (Å²) in [5, 5.41) is 15.1. The Kier molecular flexibility index (Phi) is 6.96. The predicted octanol–water partition coefficient (Wildman–Crippen LogP) is 5.63. The molecule has 4 rings (SSSR count). The van der Waals surface area contributed by atoms with E-state index < -0.39 is 5.97 Å². The van der Waals surface area contributed by atoms with Crippen LogP contribution in [-0.2, 0) is 17.6 Å². The number of nitrogens with one attached hydrogen (secondary N) is 1. The van der Waals surface area contributed by atoms with Gasteiger partial charge in [0.1, 0.15) is 23.7 Å². The zero-order valence-electron chi connectivity index (χ0n) is 17.4.